The first kappa shape index (κ1) is 15.0. The Morgan fingerprint density at radius 1 is 1.32 bits per heavy atom. The van der Waals surface area contributed by atoms with E-state index in [9.17, 15) is 4.79 Å². The second-order valence-corrected chi connectivity index (χ2v) is 5.89. The Morgan fingerprint density at radius 3 is 2.64 bits per heavy atom. The summed E-state index contributed by atoms with van der Waals surface area (Å²) in [5, 5.41) is 4.70. The van der Waals surface area contributed by atoms with Gasteiger partial charge < -0.3 is 14.3 Å². The Kier molecular flexibility index (Phi) is 4.40. The minimum Gasteiger partial charge on any atom is -0.333 e. The van der Waals surface area contributed by atoms with Crippen LogP contribution in [0.25, 0.3) is 11.4 Å². The average molecular weight is 322 g/mol. The first-order chi connectivity index (χ1) is 10.6. The molecule has 2 aromatic rings. The summed E-state index contributed by atoms with van der Waals surface area (Å²) in [5.41, 5.74) is 0.885. The molecule has 0 aliphatic carbocycles. The average Bonchev–Trinajstić information content (AvgIpc) is 2.97. The third-order valence-corrected chi connectivity index (χ3v) is 4.14. The van der Waals surface area contributed by atoms with Gasteiger partial charge in [-0.15, -0.1) is 0 Å². The summed E-state index contributed by atoms with van der Waals surface area (Å²) < 4.78 is 5.33. The van der Waals surface area contributed by atoms with Crippen LogP contribution in [0.3, 0.4) is 0 Å². The van der Waals surface area contributed by atoms with Crippen LogP contribution in [0.1, 0.15) is 12.8 Å². The molecule has 22 heavy (non-hydrogen) atoms. The predicted octanol–water partition coefficient (Wildman–Crippen LogP) is 0.637. The second-order valence-electron chi connectivity index (χ2n) is 5.45. The maximum atomic E-state index is 11.3. The van der Waals surface area contributed by atoms with Crippen LogP contribution in [-0.4, -0.2) is 47.1 Å². The molecule has 1 N–H and O–H groups in total. The van der Waals surface area contributed by atoms with Crippen LogP contribution >= 0.6 is 11.6 Å². The van der Waals surface area contributed by atoms with Crippen LogP contribution in [0, 0.1) is 0 Å². The SMILES string of the molecule is CC(=O)N1CC[NH+](Cc2nc(-c3ccc(Cl)cc3)no2)CC1. The number of carbonyl (C=O) groups excluding carboxylic acids is 1. The number of nitrogens with one attached hydrogen (secondary N) is 1. The van der Waals surface area contributed by atoms with Crippen molar-refractivity contribution in [1.29, 1.82) is 0 Å². The summed E-state index contributed by atoms with van der Waals surface area (Å²) in [6, 6.07) is 7.35. The molecule has 0 spiro atoms. The first-order valence-corrected chi connectivity index (χ1v) is 7.67. The topological polar surface area (TPSA) is 63.7 Å². The number of piperazine rings is 1. The zero-order chi connectivity index (χ0) is 15.5. The molecule has 1 amide bonds. The van der Waals surface area contributed by atoms with Gasteiger partial charge >= 0.3 is 0 Å². The fourth-order valence-corrected chi connectivity index (χ4v) is 2.70. The molecule has 1 aromatic heterocycles. The molecule has 2 heterocycles. The first-order valence-electron chi connectivity index (χ1n) is 7.29. The Hall–Kier alpha value is -1.92. The number of amides is 1. The van der Waals surface area contributed by atoms with Gasteiger partial charge in [-0.25, -0.2) is 0 Å². The molecule has 1 fully saturated rings. The van der Waals surface area contributed by atoms with Gasteiger partial charge in [-0.1, -0.05) is 16.8 Å². The summed E-state index contributed by atoms with van der Waals surface area (Å²) >= 11 is 5.87. The molecule has 3 rings (SSSR count). The standard InChI is InChI=1S/C15H17ClN4O2/c1-11(21)20-8-6-19(7-9-20)10-14-17-15(18-22-14)12-2-4-13(16)5-3-12/h2-5H,6-10H2,1H3/p+1. The van der Waals surface area contributed by atoms with Crippen LogP contribution in [0.4, 0.5) is 0 Å². The van der Waals surface area contributed by atoms with Crippen LogP contribution in [0.2, 0.25) is 5.02 Å². The van der Waals surface area contributed by atoms with Crippen molar-refractivity contribution in [3.05, 3.63) is 35.2 Å². The number of hydrogen-bond donors (Lipinski definition) is 1. The van der Waals surface area contributed by atoms with E-state index in [1.807, 2.05) is 17.0 Å². The van der Waals surface area contributed by atoms with Crippen LogP contribution < -0.4 is 4.90 Å². The lowest BCUT2D eigenvalue weighted by Crippen LogP contribution is -3.13. The van der Waals surface area contributed by atoms with Crippen molar-refractivity contribution in [2.45, 2.75) is 13.5 Å². The highest BCUT2D eigenvalue weighted by molar-refractivity contribution is 6.30. The normalized spacial score (nSPS) is 16.0. The lowest BCUT2D eigenvalue weighted by atomic mass is 10.2. The summed E-state index contributed by atoms with van der Waals surface area (Å²) in [4.78, 5) is 19.0. The predicted molar refractivity (Wildman–Crippen MR) is 81.4 cm³/mol. The van der Waals surface area contributed by atoms with Gasteiger partial charge in [-0.05, 0) is 24.3 Å². The van der Waals surface area contributed by atoms with E-state index in [-0.39, 0.29) is 5.91 Å². The van der Waals surface area contributed by atoms with Gasteiger partial charge in [-0.3, -0.25) is 4.79 Å². The third kappa shape index (κ3) is 3.45. The van der Waals surface area contributed by atoms with Crippen molar-refractivity contribution < 1.29 is 14.2 Å². The molecule has 0 unspecified atom stereocenters. The van der Waals surface area contributed by atoms with Crippen molar-refractivity contribution in [1.82, 2.24) is 15.0 Å². The molecule has 116 valence electrons. The van der Waals surface area contributed by atoms with E-state index in [0.29, 0.717) is 23.3 Å². The highest BCUT2D eigenvalue weighted by Crippen LogP contribution is 2.18. The summed E-state index contributed by atoms with van der Waals surface area (Å²) in [7, 11) is 0. The number of carbonyl (C=O) groups is 1. The van der Waals surface area contributed by atoms with Gasteiger partial charge in [0.25, 0.3) is 5.89 Å². The molecule has 1 aliphatic heterocycles. The van der Waals surface area contributed by atoms with Crippen molar-refractivity contribution in [3.63, 3.8) is 0 Å². The monoisotopic (exact) mass is 321 g/mol. The van der Waals surface area contributed by atoms with E-state index in [2.05, 4.69) is 10.1 Å². The van der Waals surface area contributed by atoms with Gasteiger partial charge in [0, 0.05) is 17.5 Å². The van der Waals surface area contributed by atoms with Crippen molar-refractivity contribution in [3.8, 4) is 11.4 Å². The fraction of sp³-hybridized carbons (Fsp3) is 0.400. The number of benzene rings is 1. The van der Waals surface area contributed by atoms with Gasteiger partial charge in [0.05, 0.1) is 26.2 Å². The molecular weight excluding hydrogens is 304 g/mol. The maximum absolute atomic E-state index is 11.3. The molecule has 0 radical (unpaired) electrons. The maximum Gasteiger partial charge on any atom is 0.282 e. The Bertz CT molecular complexity index is 648. The highest BCUT2D eigenvalue weighted by Gasteiger charge is 2.23. The van der Waals surface area contributed by atoms with Gasteiger partial charge in [0.1, 0.15) is 0 Å². The quantitative estimate of drug-likeness (QED) is 0.901. The molecule has 1 saturated heterocycles. The minimum atomic E-state index is 0.141. The van der Waals surface area contributed by atoms with Crippen molar-refractivity contribution >= 4 is 17.5 Å². The van der Waals surface area contributed by atoms with Crippen LogP contribution in [0.15, 0.2) is 28.8 Å². The van der Waals surface area contributed by atoms with Crippen LogP contribution in [-0.2, 0) is 11.3 Å². The minimum absolute atomic E-state index is 0.141. The zero-order valence-corrected chi connectivity index (χ0v) is 13.1. The van der Waals surface area contributed by atoms with E-state index in [4.69, 9.17) is 16.1 Å². The van der Waals surface area contributed by atoms with E-state index in [1.165, 1.54) is 4.90 Å². The highest BCUT2D eigenvalue weighted by atomic mass is 35.5. The fourth-order valence-electron chi connectivity index (χ4n) is 2.57. The summed E-state index contributed by atoms with van der Waals surface area (Å²) in [6.07, 6.45) is 0. The molecule has 0 saturated carbocycles. The molecule has 7 heteroatoms. The van der Waals surface area contributed by atoms with Gasteiger partial charge in [0.2, 0.25) is 11.7 Å². The number of rotatable bonds is 3. The third-order valence-electron chi connectivity index (χ3n) is 3.89. The molecule has 1 aromatic carbocycles. The molecule has 0 atom stereocenters. The van der Waals surface area contributed by atoms with E-state index < -0.39 is 0 Å². The number of hydrogen-bond acceptors (Lipinski definition) is 4. The zero-order valence-electron chi connectivity index (χ0n) is 12.4. The number of nitrogens with zero attached hydrogens (tertiary/aromatic N) is 3. The lowest BCUT2D eigenvalue weighted by molar-refractivity contribution is -0.918. The van der Waals surface area contributed by atoms with Crippen molar-refractivity contribution in [2.75, 3.05) is 26.2 Å². The summed E-state index contributed by atoms with van der Waals surface area (Å²) in [5.74, 6) is 1.34. The number of halogens is 1. The Morgan fingerprint density at radius 2 is 2.00 bits per heavy atom. The smallest absolute Gasteiger partial charge is 0.282 e. The summed E-state index contributed by atoms with van der Waals surface area (Å²) in [6.45, 7) is 5.66. The molecular formula is C15H18ClN4O2+. The second kappa shape index (κ2) is 6.46. The van der Waals surface area contributed by atoms with Gasteiger partial charge in [-0.2, -0.15) is 4.98 Å². The molecule has 0 bridgehead atoms. The lowest BCUT2D eigenvalue weighted by Gasteiger charge is -2.30. The Balaban J connectivity index is 1.60. The van der Waals surface area contributed by atoms with Crippen LogP contribution in [0.5, 0.6) is 0 Å². The number of quaternary nitrogens is 1. The van der Waals surface area contributed by atoms with E-state index >= 15 is 0 Å². The molecule has 6 nitrogen and oxygen atoms in total. The van der Waals surface area contributed by atoms with Crippen molar-refractivity contribution in [2.24, 2.45) is 0 Å². The van der Waals surface area contributed by atoms with E-state index in [0.717, 1.165) is 31.7 Å². The largest absolute Gasteiger partial charge is 0.333 e. The van der Waals surface area contributed by atoms with E-state index in [1.54, 1.807) is 19.1 Å². The Labute approximate surface area is 133 Å². The van der Waals surface area contributed by atoms with Gasteiger partial charge in [0.15, 0.2) is 6.54 Å². The number of aromatic nitrogens is 2. The molecule has 1 aliphatic rings.